The Hall–Kier alpha value is -3.19. The van der Waals surface area contributed by atoms with E-state index in [-0.39, 0.29) is 16.2 Å². The van der Waals surface area contributed by atoms with E-state index in [0.717, 1.165) is 5.56 Å². The molecular weight excluding hydrogens is 380 g/mol. The number of ketones is 1. The molecule has 6 nitrogen and oxygen atoms in total. The molecule has 2 rings (SSSR count). The van der Waals surface area contributed by atoms with Gasteiger partial charge in [0.05, 0.1) is 0 Å². The average molecular weight is 400 g/mol. The molecule has 0 unspecified atom stereocenters. The lowest BCUT2D eigenvalue weighted by Gasteiger charge is -2.08. The second-order valence-corrected chi connectivity index (χ2v) is 7.34. The van der Waals surface area contributed by atoms with Crippen LogP contribution < -0.4 is 4.18 Å². The highest BCUT2D eigenvalue weighted by Crippen LogP contribution is 2.20. The Kier molecular flexibility index (Phi) is 7.28. The molecule has 0 heterocycles. The van der Waals surface area contributed by atoms with Gasteiger partial charge in [0.1, 0.15) is 10.6 Å². The van der Waals surface area contributed by atoms with Gasteiger partial charge < -0.3 is 8.92 Å². The summed E-state index contributed by atoms with van der Waals surface area (Å²) in [6, 6.07) is 11.8. The van der Waals surface area contributed by atoms with Crippen LogP contribution in [0.1, 0.15) is 22.8 Å². The molecule has 0 saturated carbocycles. The maximum absolute atomic E-state index is 12.3. The number of rotatable bonds is 8. The minimum absolute atomic E-state index is 0.0381. The third-order valence-electron chi connectivity index (χ3n) is 3.57. The summed E-state index contributed by atoms with van der Waals surface area (Å²) in [6.07, 6.45) is 6.12. The van der Waals surface area contributed by atoms with Crippen LogP contribution in [-0.2, 0) is 19.6 Å². The van der Waals surface area contributed by atoms with Crippen LogP contribution in [0.25, 0.3) is 0 Å². The van der Waals surface area contributed by atoms with Crippen molar-refractivity contribution in [1.29, 1.82) is 0 Å². The van der Waals surface area contributed by atoms with Crippen LogP contribution in [0.2, 0.25) is 0 Å². The largest absolute Gasteiger partial charge is 0.454 e. The lowest BCUT2D eigenvalue weighted by Crippen LogP contribution is -2.13. The van der Waals surface area contributed by atoms with E-state index < -0.39 is 28.5 Å². The predicted octanol–water partition coefficient (Wildman–Crippen LogP) is 3.62. The first-order chi connectivity index (χ1) is 13.3. The van der Waals surface area contributed by atoms with Crippen molar-refractivity contribution < 1.29 is 26.9 Å². The molecule has 2 aromatic carbocycles. The lowest BCUT2D eigenvalue weighted by atomic mass is 10.1. The summed E-state index contributed by atoms with van der Waals surface area (Å²) in [5.41, 5.74) is 1.20. The van der Waals surface area contributed by atoms with Gasteiger partial charge in [0.15, 0.2) is 12.4 Å². The molecule has 0 fully saturated rings. The Bertz CT molecular complexity index is 984. The number of ether oxygens (including phenoxy) is 1. The highest BCUT2D eigenvalue weighted by Gasteiger charge is 2.17. The fraction of sp³-hybridized carbons (Fsp3) is 0.143. The molecule has 2 aromatic rings. The van der Waals surface area contributed by atoms with Crippen molar-refractivity contribution in [2.45, 2.75) is 18.7 Å². The highest BCUT2D eigenvalue weighted by molar-refractivity contribution is 7.87. The van der Waals surface area contributed by atoms with Crippen LogP contribution in [0.5, 0.6) is 5.75 Å². The molecule has 0 bridgehead atoms. The highest BCUT2D eigenvalue weighted by atomic mass is 32.2. The topological polar surface area (TPSA) is 86.7 Å². The van der Waals surface area contributed by atoms with Gasteiger partial charge >= 0.3 is 16.1 Å². The standard InChI is InChI=1S/C21H20O6S/c1-3-4-5-6-21(23)26-15-20(22)17-9-11-18(12-10-17)27-28(24,25)19-13-7-16(2)8-14-19/h3-14H,15H2,1-2H3/b4-3+,6-5+. The first kappa shape index (κ1) is 21.1. The number of carbonyl (C=O) groups excluding carboxylic acids is 2. The van der Waals surface area contributed by atoms with Crippen molar-refractivity contribution in [2.24, 2.45) is 0 Å². The fourth-order valence-electron chi connectivity index (χ4n) is 2.09. The number of benzene rings is 2. The zero-order chi connectivity index (χ0) is 20.6. The number of allylic oxidation sites excluding steroid dienone is 3. The molecule has 28 heavy (non-hydrogen) atoms. The second-order valence-electron chi connectivity index (χ2n) is 5.79. The van der Waals surface area contributed by atoms with Gasteiger partial charge in [-0.25, -0.2) is 4.79 Å². The van der Waals surface area contributed by atoms with Crippen LogP contribution in [-0.4, -0.2) is 26.8 Å². The summed E-state index contributed by atoms with van der Waals surface area (Å²) in [7, 11) is -3.96. The van der Waals surface area contributed by atoms with Gasteiger partial charge in [-0.05, 0) is 50.2 Å². The minimum Gasteiger partial charge on any atom is -0.454 e. The van der Waals surface area contributed by atoms with Crippen molar-refractivity contribution in [3.63, 3.8) is 0 Å². The SMILES string of the molecule is C/C=C/C=C/C(=O)OCC(=O)c1ccc(OS(=O)(=O)c2ccc(C)cc2)cc1. The summed E-state index contributed by atoms with van der Waals surface area (Å²) in [5.74, 6) is -0.972. The molecule has 146 valence electrons. The van der Waals surface area contributed by atoms with Crippen molar-refractivity contribution in [3.05, 3.63) is 84.0 Å². The molecule has 0 radical (unpaired) electrons. The van der Waals surface area contributed by atoms with Crippen LogP contribution in [0.4, 0.5) is 0 Å². The Balaban J connectivity index is 1.98. The van der Waals surface area contributed by atoms with Crippen molar-refractivity contribution >= 4 is 21.9 Å². The Labute approximate surface area is 164 Å². The van der Waals surface area contributed by atoms with Gasteiger partial charge in [0.2, 0.25) is 0 Å². The molecule has 0 amide bonds. The monoisotopic (exact) mass is 400 g/mol. The first-order valence-electron chi connectivity index (χ1n) is 8.42. The van der Waals surface area contributed by atoms with Gasteiger partial charge in [-0.1, -0.05) is 35.9 Å². The van der Waals surface area contributed by atoms with Crippen molar-refractivity contribution in [2.75, 3.05) is 6.61 Å². The third-order valence-corrected chi connectivity index (χ3v) is 4.83. The Morgan fingerprint density at radius 3 is 2.21 bits per heavy atom. The van der Waals surface area contributed by atoms with E-state index in [0.29, 0.717) is 0 Å². The number of esters is 1. The van der Waals surface area contributed by atoms with E-state index in [1.54, 1.807) is 31.2 Å². The van der Waals surface area contributed by atoms with E-state index in [9.17, 15) is 18.0 Å². The summed E-state index contributed by atoms with van der Waals surface area (Å²) in [6.45, 7) is 3.24. The maximum Gasteiger partial charge on any atom is 0.339 e. The van der Waals surface area contributed by atoms with Crippen molar-refractivity contribution in [3.8, 4) is 5.75 Å². The number of Topliss-reactive ketones (excluding diaryl/α,β-unsaturated/α-hetero) is 1. The van der Waals surface area contributed by atoms with Crippen molar-refractivity contribution in [1.82, 2.24) is 0 Å². The quantitative estimate of drug-likeness (QED) is 0.221. The summed E-state index contributed by atoms with van der Waals surface area (Å²) < 4.78 is 34.4. The van der Waals surface area contributed by atoms with Gasteiger partial charge in [0, 0.05) is 11.6 Å². The Morgan fingerprint density at radius 2 is 1.61 bits per heavy atom. The lowest BCUT2D eigenvalue weighted by molar-refractivity contribution is -0.136. The molecule has 0 aromatic heterocycles. The molecular formula is C21H20O6S. The number of aryl methyl sites for hydroxylation is 1. The predicted molar refractivity (Wildman–Crippen MR) is 105 cm³/mol. The molecule has 0 aliphatic heterocycles. The van der Waals surface area contributed by atoms with E-state index in [1.807, 2.05) is 6.92 Å². The molecule has 0 spiro atoms. The number of carbonyl (C=O) groups is 2. The smallest absolute Gasteiger partial charge is 0.339 e. The van der Waals surface area contributed by atoms with Gasteiger partial charge in [-0.2, -0.15) is 8.42 Å². The van der Waals surface area contributed by atoms with E-state index in [4.69, 9.17) is 8.92 Å². The number of hydrogen-bond acceptors (Lipinski definition) is 6. The van der Waals surface area contributed by atoms with Gasteiger partial charge in [-0.3, -0.25) is 4.79 Å². The molecule has 7 heteroatoms. The zero-order valence-corrected chi connectivity index (χ0v) is 16.3. The third kappa shape index (κ3) is 6.21. The second kappa shape index (κ2) is 9.66. The maximum atomic E-state index is 12.3. The Morgan fingerprint density at radius 1 is 0.964 bits per heavy atom. The molecule has 0 aliphatic carbocycles. The molecule has 0 saturated heterocycles. The molecule has 0 N–H and O–H groups in total. The summed E-state index contributed by atoms with van der Waals surface area (Å²) in [4.78, 5) is 23.5. The van der Waals surface area contributed by atoms with Crippen LogP contribution >= 0.6 is 0 Å². The zero-order valence-electron chi connectivity index (χ0n) is 15.5. The first-order valence-corrected chi connectivity index (χ1v) is 9.83. The molecule has 0 atom stereocenters. The normalized spacial score (nSPS) is 11.6. The number of hydrogen-bond donors (Lipinski definition) is 0. The van der Waals surface area contributed by atoms with Crippen LogP contribution in [0, 0.1) is 6.92 Å². The van der Waals surface area contributed by atoms with Crippen LogP contribution in [0.3, 0.4) is 0 Å². The fourth-order valence-corrected chi connectivity index (χ4v) is 3.02. The van der Waals surface area contributed by atoms with Gasteiger partial charge in [-0.15, -0.1) is 0 Å². The van der Waals surface area contributed by atoms with E-state index in [2.05, 4.69) is 0 Å². The molecule has 0 aliphatic rings. The average Bonchev–Trinajstić information content (AvgIpc) is 2.67. The minimum atomic E-state index is -3.96. The van der Waals surface area contributed by atoms with Crippen LogP contribution in [0.15, 0.2) is 77.7 Å². The van der Waals surface area contributed by atoms with E-state index >= 15 is 0 Å². The van der Waals surface area contributed by atoms with E-state index in [1.165, 1.54) is 48.6 Å². The van der Waals surface area contributed by atoms with Gasteiger partial charge in [0.25, 0.3) is 0 Å². The summed E-state index contributed by atoms with van der Waals surface area (Å²) >= 11 is 0. The summed E-state index contributed by atoms with van der Waals surface area (Å²) in [5, 5.41) is 0.